The maximum Gasteiger partial charge on any atom is 0.116 e. The van der Waals surface area contributed by atoms with Gasteiger partial charge in [0.15, 0.2) is 0 Å². The Bertz CT molecular complexity index is 285. The molecule has 0 unspecified atom stereocenters. The van der Waals surface area contributed by atoms with E-state index in [2.05, 4.69) is 15.0 Å². The fourth-order valence-electron chi connectivity index (χ4n) is 0.817. The van der Waals surface area contributed by atoms with Crippen molar-refractivity contribution in [1.29, 1.82) is 0 Å². The van der Waals surface area contributed by atoms with E-state index in [1.807, 2.05) is 12.1 Å². The quantitative estimate of drug-likeness (QED) is 0.639. The summed E-state index contributed by atoms with van der Waals surface area (Å²) in [7, 11) is 0. The molecule has 2 rings (SSSR count). The first kappa shape index (κ1) is 8.51. The van der Waals surface area contributed by atoms with Crippen molar-refractivity contribution in [2.45, 2.75) is 0 Å². The number of pyridine rings is 1. The van der Waals surface area contributed by atoms with Gasteiger partial charge in [0.05, 0.1) is 11.7 Å². The normalized spacial score (nSPS) is 9.09. The van der Waals surface area contributed by atoms with Crippen LogP contribution in [0.5, 0.6) is 0 Å². The van der Waals surface area contributed by atoms with E-state index >= 15 is 0 Å². The van der Waals surface area contributed by atoms with Gasteiger partial charge in [-0.25, -0.2) is 9.97 Å². The van der Waals surface area contributed by atoms with Crippen molar-refractivity contribution in [3.63, 3.8) is 0 Å². The van der Waals surface area contributed by atoms with Gasteiger partial charge in [0.25, 0.3) is 0 Å². The van der Waals surface area contributed by atoms with Gasteiger partial charge in [0.2, 0.25) is 0 Å². The Balaban J connectivity index is 0.000000605. The van der Waals surface area contributed by atoms with Gasteiger partial charge in [-0.15, -0.1) is 0 Å². The third kappa shape index (κ3) is 1.71. The van der Waals surface area contributed by atoms with Gasteiger partial charge in [-0.1, -0.05) is 0 Å². The molecule has 2 radical (unpaired) electrons. The first-order valence-electron chi connectivity index (χ1n) is 2.97. The molecule has 0 atom stereocenters. The van der Waals surface area contributed by atoms with Crippen molar-refractivity contribution in [1.82, 2.24) is 15.0 Å². The first-order chi connectivity index (χ1) is 4.97. The van der Waals surface area contributed by atoms with E-state index in [4.69, 9.17) is 0 Å². The van der Waals surface area contributed by atoms with Crippen LogP contribution in [0.15, 0.2) is 30.9 Å². The summed E-state index contributed by atoms with van der Waals surface area (Å²) in [5.74, 6) is 0. The molecular weight excluding hydrogens is 333 g/mol. The topological polar surface area (TPSA) is 38.7 Å². The molecule has 4 heteroatoms. The molecule has 0 saturated carbocycles. The van der Waals surface area contributed by atoms with Crippen LogP contribution in [0.4, 0.5) is 0 Å². The monoisotopic (exact) mass is 341 g/mol. The molecule has 0 aliphatic carbocycles. The van der Waals surface area contributed by atoms with E-state index in [1.165, 1.54) is 6.33 Å². The van der Waals surface area contributed by atoms with Crippen LogP contribution in [0, 0.1) is 0 Å². The van der Waals surface area contributed by atoms with Crippen molar-refractivity contribution in [3.8, 4) is 0 Å². The molecule has 0 amide bonds. The van der Waals surface area contributed by atoms with Crippen LogP contribution in [0.1, 0.15) is 0 Å². The van der Waals surface area contributed by atoms with E-state index in [-0.39, 0.29) is 27.3 Å². The molecule has 0 aliphatic rings. The second-order valence-electron chi connectivity index (χ2n) is 1.93. The number of nitrogens with zero attached hydrogens (tertiary/aromatic N) is 3. The summed E-state index contributed by atoms with van der Waals surface area (Å²) in [4.78, 5) is 11.9. The van der Waals surface area contributed by atoms with Crippen molar-refractivity contribution in [2.75, 3.05) is 0 Å². The van der Waals surface area contributed by atoms with Crippen molar-refractivity contribution in [2.24, 2.45) is 0 Å². The average Bonchev–Trinajstić information content (AvgIpc) is 2.05. The molecule has 2 heterocycles. The van der Waals surface area contributed by atoms with Crippen molar-refractivity contribution in [3.05, 3.63) is 30.9 Å². The zero-order valence-corrected chi connectivity index (χ0v) is 11.4. The molecule has 0 fully saturated rings. The summed E-state index contributed by atoms with van der Waals surface area (Å²) in [6, 6.07) is 3.76. The SMILES string of the molecule is [PbH2].c1cnc2cncnc2c1. The van der Waals surface area contributed by atoms with Gasteiger partial charge in [-0.05, 0) is 12.1 Å². The molecule has 0 spiro atoms. The summed E-state index contributed by atoms with van der Waals surface area (Å²) < 4.78 is 0. The zero-order valence-electron chi connectivity index (χ0n) is 5.94. The standard InChI is InChI=1S/C7H5N3.Pb.2H/c1-2-6-7(9-3-1)4-8-5-10-6;;;/h1-5H;;;. The predicted molar refractivity (Wildman–Crippen MR) is 45.9 cm³/mol. The molecule has 0 N–H and O–H groups in total. The number of hydrogen-bond donors (Lipinski definition) is 0. The van der Waals surface area contributed by atoms with Gasteiger partial charge in [-0.2, -0.15) is 0 Å². The molecule has 2 aromatic rings. The first-order valence-corrected chi connectivity index (χ1v) is 2.97. The van der Waals surface area contributed by atoms with E-state index in [9.17, 15) is 0 Å². The average molecular weight is 340 g/mol. The predicted octanol–water partition coefficient (Wildman–Crippen LogP) is 0.109. The Kier molecular flexibility index (Phi) is 2.86. The minimum Gasteiger partial charge on any atom is -0.253 e. The smallest absolute Gasteiger partial charge is 0.116 e. The molecule has 3 nitrogen and oxygen atoms in total. The number of aromatic nitrogens is 3. The fraction of sp³-hybridized carbons (Fsp3) is 0. The van der Waals surface area contributed by atoms with Gasteiger partial charge in [0, 0.05) is 6.20 Å². The van der Waals surface area contributed by atoms with Gasteiger partial charge >= 0.3 is 27.3 Å². The van der Waals surface area contributed by atoms with Gasteiger partial charge in [0.1, 0.15) is 11.8 Å². The van der Waals surface area contributed by atoms with Crippen LogP contribution in [0.25, 0.3) is 11.0 Å². The maximum atomic E-state index is 4.06. The molecular formula is C7H7N3Pb. The summed E-state index contributed by atoms with van der Waals surface area (Å²) in [5.41, 5.74) is 1.72. The number of fused-ring (bicyclic) bond motifs is 1. The van der Waals surface area contributed by atoms with Crippen LogP contribution in [-0.2, 0) is 0 Å². The van der Waals surface area contributed by atoms with Gasteiger partial charge in [-0.3, -0.25) is 4.98 Å². The Morgan fingerprint density at radius 2 is 2.00 bits per heavy atom. The molecule has 0 aromatic carbocycles. The van der Waals surface area contributed by atoms with E-state index in [1.54, 1.807) is 12.4 Å². The van der Waals surface area contributed by atoms with E-state index in [0.717, 1.165) is 11.0 Å². The second-order valence-corrected chi connectivity index (χ2v) is 1.93. The number of rotatable bonds is 0. The molecule has 0 bridgehead atoms. The second kappa shape index (κ2) is 3.70. The summed E-state index contributed by atoms with van der Waals surface area (Å²) in [6.45, 7) is 0. The van der Waals surface area contributed by atoms with Crippen LogP contribution in [0.2, 0.25) is 0 Å². The summed E-state index contributed by atoms with van der Waals surface area (Å²) in [5, 5.41) is 0. The van der Waals surface area contributed by atoms with Crippen molar-refractivity contribution >= 4 is 38.3 Å². The summed E-state index contributed by atoms with van der Waals surface area (Å²) in [6.07, 6.45) is 4.94. The Morgan fingerprint density at radius 1 is 1.09 bits per heavy atom. The van der Waals surface area contributed by atoms with Gasteiger partial charge < -0.3 is 0 Å². The van der Waals surface area contributed by atoms with E-state index < -0.39 is 0 Å². The Morgan fingerprint density at radius 3 is 2.82 bits per heavy atom. The number of hydrogen-bond acceptors (Lipinski definition) is 3. The van der Waals surface area contributed by atoms with E-state index in [0.29, 0.717) is 0 Å². The van der Waals surface area contributed by atoms with Crippen LogP contribution < -0.4 is 0 Å². The Labute approximate surface area is 84.1 Å². The van der Waals surface area contributed by atoms with Crippen molar-refractivity contribution < 1.29 is 0 Å². The Hall–Kier alpha value is -0.588. The maximum absolute atomic E-state index is 4.06. The third-order valence-corrected chi connectivity index (χ3v) is 1.28. The minimum absolute atomic E-state index is 0. The largest absolute Gasteiger partial charge is 0.253 e. The fourth-order valence-corrected chi connectivity index (χ4v) is 0.817. The molecule has 0 aliphatic heterocycles. The molecule has 11 heavy (non-hydrogen) atoms. The minimum atomic E-state index is 0. The van der Waals surface area contributed by atoms with Crippen LogP contribution in [0.3, 0.4) is 0 Å². The zero-order chi connectivity index (χ0) is 6.81. The summed E-state index contributed by atoms with van der Waals surface area (Å²) >= 11 is 0. The van der Waals surface area contributed by atoms with Crippen LogP contribution in [-0.4, -0.2) is 42.3 Å². The van der Waals surface area contributed by atoms with Crippen LogP contribution >= 0.6 is 0 Å². The molecule has 2 aromatic heterocycles. The molecule has 0 saturated heterocycles. The molecule has 54 valence electrons. The third-order valence-electron chi connectivity index (χ3n) is 1.28.